The number of thiazole rings is 1. The monoisotopic (exact) mass is 344 g/mol. The second-order valence-corrected chi connectivity index (χ2v) is 8.16. The molecule has 5 heteroatoms. The Labute approximate surface area is 149 Å². The third kappa shape index (κ3) is 4.62. The van der Waals surface area contributed by atoms with Crippen LogP contribution in [0.1, 0.15) is 34.6 Å². The van der Waals surface area contributed by atoms with Gasteiger partial charge in [0.1, 0.15) is 0 Å². The number of piperidine rings is 1. The van der Waals surface area contributed by atoms with Crippen LogP contribution in [-0.4, -0.2) is 40.5 Å². The fourth-order valence-corrected chi connectivity index (χ4v) is 4.51. The predicted octanol–water partition coefficient (Wildman–Crippen LogP) is 3.20. The van der Waals surface area contributed by atoms with E-state index in [1.165, 1.54) is 27.7 Å². The number of pyridine rings is 1. The van der Waals surface area contributed by atoms with Crippen LogP contribution in [0.25, 0.3) is 0 Å². The van der Waals surface area contributed by atoms with Crippen molar-refractivity contribution in [3.8, 4) is 0 Å². The highest BCUT2D eigenvalue weighted by Gasteiger charge is 2.25. The van der Waals surface area contributed by atoms with E-state index in [-0.39, 0.29) is 0 Å². The minimum absolute atomic E-state index is 0.624. The summed E-state index contributed by atoms with van der Waals surface area (Å²) in [6.07, 6.45) is 4.20. The molecule has 1 aliphatic heterocycles. The molecular weight excluding hydrogens is 316 g/mol. The summed E-state index contributed by atoms with van der Waals surface area (Å²) < 4.78 is 0. The van der Waals surface area contributed by atoms with Crippen molar-refractivity contribution >= 4 is 11.3 Å². The van der Waals surface area contributed by atoms with Gasteiger partial charge in [-0.05, 0) is 44.7 Å². The lowest BCUT2D eigenvalue weighted by molar-refractivity contribution is 0.140. The van der Waals surface area contributed by atoms with Crippen LogP contribution in [0.2, 0.25) is 0 Å². The van der Waals surface area contributed by atoms with E-state index in [9.17, 15) is 0 Å². The average Bonchev–Trinajstić information content (AvgIpc) is 2.88. The molecule has 4 nitrogen and oxygen atoms in total. The highest BCUT2D eigenvalue weighted by Crippen LogP contribution is 2.20. The fraction of sp³-hybridized carbons (Fsp3) is 0.579. The SMILES string of the molecule is Cc1nc(C)c(CCN[C@@H]2CCN(Cc3ccccn3)C[C@H]2C)s1. The predicted molar refractivity (Wildman–Crippen MR) is 100 cm³/mol. The van der Waals surface area contributed by atoms with Gasteiger partial charge < -0.3 is 5.32 Å². The first kappa shape index (κ1) is 17.5. The summed E-state index contributed by atoms with van der Waals surface area (Å²) in [5, 5.41) is 4.96. The molecular formula is C19H28N4S. The Balaban J connectivity index is 1.43. The first-order valence-electron chi connectivity index (χ1n) is 8.90. The normalized spacial score (nSPS) is 22.0. The molecule has 2 aromatic heterocycles. The minimum atomic E-state index is 0.624. The molecule has 3 rings (SSSR count). The number of aryl methyl sites for hydroxylation is 2. The van der Waals surface area contributed by atoms with E-state index in [0.717, 1.165) is 32.6 Å². The Kier molecular flexibility index (Phi) is 5.98. The number of rotatable bonds is 6. The van der Waals surface area contributed by atoms with E-state index in [4.69, 9.17) is 0 Å². The Morgan fingerprint density at radius 3 is 2.88 bits per heavy atom. The third-order valence-corrected chi connectivity index (χ3v) is 5.99. The van der Waals surface area contributed by atoms with Crippen LogP contribution in [0.5, 0.6) is 0 Å². The molecule has 0 radical (unpaired) electrons. The van der Waals surface area contributed by atoms with Crippen molar-refractivity contribution in [2.24, 2.45) is 5.92 Å². The minimum Gasteiger partial charge on any atom is -0.313 e. The molecule has 0 unspecified atom stereocenters. The number of nitrogens with zero attached hydrogens (tertiary/aromatic N) is 3. The molecule has 130 valence electrons. The zero-order valence-corrected chi connectivity index (χ0v) is 15.8. The van der Waals surface area contributed by atoms with Gasteiger partial charge in [-0.3, -0.25) is 9.88 Å². The van der Waals surface area contributed by atoms with Gasteiger partial charge in [-0.1, -0.05) is 13.0 Å². The van der Waals surface area contributed by atoms with Crippen LogP contribution in [0, 0.1) is 19.8 Å². The molecule has 0 aliphatic carbocycles. The standard InChI is InChI=1S/C19H28N4S/c1-14-12-23(13-17-6-4-5-9-20-17)11-8-18(14)21-10-7-19-15(2)22-16(3)24-19/h4-6,9,14,18,21H,7-8,10-13H2,1-3H3/t14-,18-/m1/s1. The van der Waals surface area contributed by atoms with Crippen molar-refractivity contribution in [2.45, 2.75) is 46.2 Å². The van der Waals surface area contributed by atoms with E-state index in [1.54, 1.807) is 0 Å². The lowest BCUT2D eigenvalue weighted by Gasteiger charge is -2.37. The first-order valence-corrected chi connectivity index (χ1v) is 9.72. The summed E-state index contributed by atoms with van der Waals surface area (Å²) in [5.41, 5.74) is 2.38. The Bertz CT molecular complexity index is 640. The summed E-state index contributed by atoms with van der Waals surface area (Å²) in [7, 11) is 0. The molecule has 0 aromatic carbocycles. The van der Waals surface area contributed by atoms with Gasteiger partial charge in [0.25, 0.3) is 0 Å². The smallest absolute Gasteiger partial charge is 0.0900 e. The summed E-state index contributed by atoms with van der Waals surface area (Å²) in [6, 6.07) is 6.80. The van der Waals surface area contributed by atoms with E-state index >= 15 is 0 Å². The van der Waals surface area contributed by atoms with Gasteiger partial charge in [0.15, 0.2) is 0 Å². The number of hydrogen-bond donors (Lipinski definition) is 1. The maximum Gasteiger partial charge on any atom is 0.0900 e. The lowest BCUT2D eigenvalue weighted by atomic mass is 9.93. The van der Waals surface area contributed by atoms with E-state index < -0.39 is 0 Å². The van der Waals surface area contributed by atoms with Crippen LogP contribution in [0.15, 0.2) is 24.4 Å². The molecule has 24 heavy (non-hydrogen) atoms. The summed E-state index contributed by atoms with van der Waals surface area (Å²) in [5.74, 6) is 0.673. The summed E-state index contributed by atoms with van der Waals surface area (Å²) >= 11 is 1.84. The largest absolute Gasteiger partial charge is 0.313 e. The maximum absolute atomic E-state index is 4.52. The van der Waals surface area contributed by atoms with Gasteiger partial charge in [-0.15, -0.1) is 11.3 Å². The van der Waals surface area contributed by atoms with E-state index in [2.05, 4.69) is 53.1 Å². The molecule has 0 saturated carbocycles. The number of likely N-dealkylation sites (tertiary alicyclic amines) is 1. The van der Waals surface area contributed by atoms with Gasteiger partial charge in [0.05, 0.1) is 16.4 Å². The highest BCUT2D eigenvalue weighted by atomic mass is 32.1. The molecule has 1 saturated heterocycles. The molecule has 1 fully saturated rings. The van der Waals surface area contributed by atoms with Crippen LogP contribution in [0.3, 0.4) is 0 Å². The number of aromatic nitrogens is 2. The molecule has 2 aromatic rings. The lowest BCUT2D eigenvalue weighted by Crippen LogP contribution is -2.48. The topological polar surface area (TPSA) is 41.1 Å². The van der Waals surface area contributed by atoms with E-state index in [0.29, 0.717) is 12.0 Å². The first-order chi connectivity index (χ1) is 11.6. The highest BCUT2D eigenvalue weighted by molar-refractivity contribution is 7.11. The van der Waals surface area contributed by atoms with Crippen LogP contribution in [0.4, 0.5) is 0 Å². The van der Waals surface area contributed by atoms with Crippen LogP contribution >= 0.6 is 11.3 Å². The number of hydrogen-bond acceptors (Lipinski definition) is 5. The van der Waals surface area contributed by atoms with Gasteiger partial charge >= 0.3 is 0 Å². The Hall–Kier alpha value is -1.30. The van der Waals surface area contributed by atoms with E-state index in [1.807, 2.05) is 23.6 Å². The van der Waals surface area contributed by atoms with Crippen LogP contribution in [-0.2, 0) is 13.0 Å². The average molecular weight is 345 g/mol. The molecule has 0 bridgehead atoms. The molecule has 2 atom stereocenters. The molecule has 3 heterocycles. The summed E-state index contributed by atoms with van der Waals surface area (Å²) in [4.78, 5) is 12.9. The zero-order valence-electron chi connectivity index (χ0n) is 15.0. The number of nitrogens with one attached hydrogen (secondary N) is 1. The van der Waals surface area contributed by atoms with Crippen molar-refractivity contribution < 1.29 is 0 Å². The zero-order chi connectivity index (χ0) is 16.9. The summed E-state index contributed by atoms with van der Waals surface area (Å²) in [6.45, 7) is 10.9. The molecule has 0 amide bonds. The van der Waals surface area contributed by atoms with Gasteiger partial charge in [-0.2, -0.15) is 0 Å². The maximum atomic E-state index is 4.52. The second-order valence-electron chi connectivity index (χ2n) is 6.87. The quantitative estimate of drug-likeness (QED) is 0.874. The van der Waals surface area contributed by atoms with Crippen molar-refractivity contribution in [3.05, 3.63) is 45.7 Å². The molecule has 1 N–H and O–H groups in total. The molecule has 0 spiro atoms. The third-order valence-electron chi connectivity index (χ3n) is 4.86. The Morgan fingerprint density at radius 2 is 2.21 bits per heavy atom. The van der Waals surface area contributed by atoms with Crippen molar-refractivity contribution in [3.63, 3.8) is 0 Å². The van der Waals surface area contributed by atoms with Crippen molar-refractivity contribution in [1.82, 2.24) is 20.2 Å². The van der Waals surface area contributed by atoms with Crippen molar-refractivity contribution in [2.75, 3.05) is 19.6 Å². The fourth-order valence-electron chi connectivity index (χ4n) is 3.58. The molecule has 1 aliphatic rings. The second kappa shape index (κ2) is 8.19. The van der Waals surface area contributed by atoms with Crippen LogP contribution < -0.4 is 5.32 Å². The Morgan fingerprint density at radius 1 is 1.33 bits per heavy atom. The van der Waals surface area contributed by atoms with Gasteiger partial charge in [0.2, 0.25) is 0 Å². The van der Waals surface area contributed by atoms with Gasteiger partial charge in [0, 0.05) is 43.3 Å². The van der Waals surface area contributed by atoms with Crippen molar-refractivity contribution in [1.29, 1.82) is 0 Å². The van der Waals surface area contributed by atoms with Gasteiger partial charge in [-0.25, -0.2) is 4.98 Å².